The molecule has 36 heavy (non-hydrogen) atoms. The molecule has 1 aromatic carbocycles. The van der Waals surface area contributed by atoms with Crippen LogP contribution in [0.5, 0.6) is 0 Å². The predicted molar refractivity (Wildman–Crippen MR) is 132 cm³/mol. The fourth-order valence-corrected chi connectivity index (χ4v) is 4.31. The number of aromatic nitrogens is 2. The Kier molecular flexibility index (Phi) is 7.66. The molecule has 4 rings (SSSR count). The van der Waals surface area contributed by atoms with Gasteiger partial charge in [0.05, 0.1) is 18.2 Å². The Balaban J connectivity index is 1.40. The van der Waals surface area contributed by atoms with Crippen LogP contribution in [0.1, 0.15) is 33.1 Å². The van der Waals surface area contributed by atoms with E-state index in [0.717, 1.165) is 12.8 Å². The SMILES string of the molecule is CCCCC(=O)N1CCN(c2ncc(-c3ccc(N4CC([C@H](C)C(N)=O)OC4=O)cc3F)cn2)CC1. The van der Waals surface area contributed by atoms with E-state index in [1.54, 1.807) is 31.5 Å². The highest BCUT2D eigenvalue weighted by Gasteiger charge is 2.38. The van der Waals surface area contributed by atoms with E-state index in [-0.39, 0.29) is 12.5 Å². The molecule has 1 aromatic heterocycles. The maximum atomic E-state index is 15.0. The van der Waals surface area contributed by atoms with Gasteiger partial charge in [0.25, 0.3) is 0 Å². The Hall–Kier alpha value is -3.76. The highest BCUT2D eigenvalue weighted by molar-refractivity contribution is 5.91. The van der Waals surface area contributed by atoms with Crippen LogP contribution in [0.2, 0.25) is 0 Å². The highest BCUT2D eigenvalue weighted by atomic mass is 19.1. The van der Waals surface area contributed by atoms with Crippen molar-refractivity contribution in [3.63, 3.8) is 0 Å². The minimum absolute atomic E-state index is 0.108. The Morgan fingerprint density at radius 1 is 1.19 bits per heavy atom. The summed E-state index contributed by atoms with van der Waals surface area (Å²) < 4.78 is 20.2. The van der Waals surface area contributed by atoms with Crippen molar-refractivity contribution in [2.45, 2.75) is 39.2 Å². The molecule has 192 valence electrons. The van der Waals surface area contributed by atoms with Gasteiger partial charge in [-0.05, 0) is 31.5 Å². The van der Waals surface area contributed by atoms with Crippen LogP contribution >= 0.6 is 0 Å². The predicted octanol–water partition coefficient (Wildman–Crippen LogP) is 2.57. The van der Waals surface area contributed by atoms with Gasteiger partial charge < -0.3 is 20.3 Å². The number of hydrogen-bond donors (Lipinski definition) is 1. The van der Waals surface area contributed by atoms with Crippen LogP contribution in [0.15, 0.2) is 30.6 Å². The lowest BCUT2D eigenvalue weighted by Crippen LogP contribution is -2.49. The van der Waals surface area contributed by atoms with Crippen molar-refractivity contribution in [1.29, 1.82) is 0 Å². The molecule has 3 amide bonds. The van der Waals surface area contributed by atoms with Gasteiger partial charge in [0, 0.05) is 56.1 Å². The second kappa shape index (κ2) is 10.9. The van der Waals surface area contributed by atoms with Gasteiger partial charge in [-0.25, -0.2) is 19.2 Å². The van der Waals surface area contributed by atoms with Crippen molar-refractivity contribution < 1.29 is 23.5 Å². The van der Waals surface area contributed by atoms with Gasteiger partial charge >= 0.3 is 6.09 Å². The van der Waals surface area contributed by atoms with Crippen LogP contribution in [0.3, 0.4) is 0 Å². The number of nitrogens with two attached hydrogens (primary N) is 1. The van der Waals surface area contributed by atoms with E-state index in [4.69, 9.17) is 10.5 Å². The molecule has 0 saturated carbocycles. The largest absolute Gasteiger partial charge is 0.443 e. The maximum Gasteiger partial charge on any atom is 0.414 e. The number of primary amides is 1. The maximum absolute atomic E-state index is 15.0. The normalized spacial score (nSPS) is 18.8. The Morgan fingerprint density at radius 2 is 1.89 bits per heavy atom. The zero-order valence-electron chi connectivity index (χ0n) is 20.5. The molecule has 2 fully saturated rings. The number of rotatable bonds is 8. The average molecular weight is 499 g/mol. The summed E-state index contributed by atoms with van der Waals surface area (Å²) in [7, 11) is 0. The smallest absolute Gasteiger partial charge is 0.414 e. The summed E-state index contributed by atoms with van der Waals surface area (Å²) in [4.78, 5) is 49.9. The van der Waals surface area contributed by atoms with Gasteiger partial charge in [-0.3, -0.25) is 14.5 Å². The molecule has 11 heteroatoms. The summed E-state index contributed by atoms with van der Waals surface area (Å²) in [5, 5.41) is 0. The van der Waals surface area contributed by atoms with Crippen LogP contribution in [0, 0.1) is 11.7 Å². The van der Waals surface area contributed by atoms with Gasteiger partial charge in [-0.1, -0.05) is 13.3 Å². The minimum Gasteiger partial charge on any atom is -0.443 e. The first-order valence-electron chi connectivity index (χ1n) is 12.2. The van der Waals surface area contributed by atoms with E-state index in [1.165, 1.54) is 11.0 Å². The molecular weight excluding hydrogens is 467 g/mol. The number of amides is 3. The molecule has 0 radical (unpaired) electrons. The molecule has 3 heterocycles. The van der Waals surface area contributed by atoms with Gasteiger partial charge in [0.2, 0.25) is 17.8 Å². The standard InChI is InChI=1S/C25H31FN6O4/c1-3-4-5-22(33)30-8-10-31(11-9-30)24-28-13-17(14-29-24)19-7-6-18(12-20(19)26)32-15-21(36-25(32)35)16(2)23(27)34/h6-7,12-14,16,21H,3-5,8-11,15H2,1-2H3,(H2,27,34)/t16-,21?/m0/s1. The van der Waals surface area contributed by atoms with E-state index >= 15 is 4.39 Å². The molecule has 2 N–H and O–H groups in total. The monoisotopic (exact) mass is 498 g/mol. The third-order valence-electron chi connectivity index (χ3n) is 6.71. The van der Waals surface area contributed by atoms with Crippen molar-refractivity contribution >= 4 is 29.5 Å². The fraction of sp³-hybridized carbons (Fsp3) is 0.480. The topological polar surface area (TPSA) is 122 Å². The van der Waals surface area contributed by atoms with Crippen molar-refractivity contribution in [3.05, 3.63) is 36.4 Å². The summed E-state index contributed by atoms with van der Waals surface area (Å²) in [6, 6.07) is 4.41. The summed E-state index contributed by atoms with van der Waals surface area (Å²) in [6.07, 6.45) is 4.27. The Labute approximate surface area is 209 Å². The third-order valence-corrected chi connectivity index (χ3v) is 6.71. The lowest BCUT2D eigenvalue weighted by molar-refractivity contribution is -0.131. The van der Waals surface area contributed by atoms with Gasteiger partial charge in [-0.2, -0.15) is 0 Å². The number of carbonyl (C=O) groups is 3. The van der Waals surface area contributed by atoms with Gasteiger partial charge in [-0.15, -0.1) is 0 Å². The minimum atomic E-state index is -0.685. The number of benzene rings is 1. The van der Waals surface area contributed by atoms with Crippen LogP contribution < -0.4 is 15.5 Å². The molecule has 0 bridgehead atoms. The number of unbranched alkanes of at least 4 members (excludes halogenated alkanes) is 1. The second-order valence-corrected chi connectivity index (χ2v) is 9.13. The van der Waals surface area contributed by atoms with Gasteiger partial charge in [0.1, 0.15) is 11.9 Å². The third kappa shape index (κ3) is 5.39. The lowest BCUT2D eigenvalue weighted by Gasteiger charge is -2.34. The van der Waals surface area contributed by atoms with E-state index in [0.29, 0.717) is 55.4 Å². The summed E-state index contributed by atoms with van der Waals surface area (Å²) in [5.41, 5.74) is 6.43. The van der Waals surface area contributed by atoms with Crippen LogP contribution in [-0.4, -0.2) is 71.6 Å². The molecule has 2 aromatic rings. The molecular formula is C25H31FN6O4. The molecule has 0 spiro atoms. The first-order valence-corrected chi connectivity index (χ1v) is 12.2. The molecule has 0 aliphatic carbocycles. The molecule has 2 atom stereocenters. The number of ether oxygens (including phenoxy) is 1. The van der Waals surface area contributed by atoms with Crippen LogP contribution in [-0.2, 0) is 14.3 Å². The number of nitrogens with zero attached hydrogens (tertiary/aromatic N) is 5. The van der Waals surface area contributed by atoms with Gasteiger partial charge in [0.15, 0.2) is 0 Å². The molecule has 1 unspecified atom stereocenters. The Bertz CT molecular complexity index is 1120. The molecule has 2 saturated heterocycles. The number of hydrogen-bond acceptors (Lipinski definition) is 7. The van der Waals surface area contributed by atoms with E-state index in [1.807, 2.05) is 9.80 Å². The molecule has 2 aliphatic heterocycles. The highest BCUT2D eigenvalue weighted by Crippen LogP contribution is 2.30. The number of anilines is 2. The lowest BCUT2D eigenvalue weighted by atomic mass is 10.0. The number of halogens is 1. The average Bonchev–Trinajstić information content (AvgIpc) is 3.28. The van der Waals surface area contributed by atoms with E-state index < -0.39 is 29.8 Å². The van der Waals surface area contributed by atoms with Crippen molar-refractivity contribution in [2.75, 3.05) is 42.5 Å². The first kappa shape index (κ1) is 25.3. The number of cyclic esters (lactones) is 1. The second-order valence-electron chi connectivity index (χ2n) is 9.13. The number of piperazine rings is 1. The van der Waals surface area contributed by atoms with Crippen molar-refractivity contribution in [1.82, 2.24) is 14.9 Å². The fourth-order valence-electron chi connectivity index (χ4n) is 4.31. The van der Waals surface area contributed by atoms with Crippen LogP contribution in [0.4, 0.5) is 20.8 Å². The zero-order chi connectivity index (χ0) is 25.8. The van der Waals surface area contributed by atoms with Crippen molar-refractivity contribution in [2.24, 2.45) is 11.7 Å². The Morgan fingerprint density at radius 3 is 2.50 bits per heavy atom. The number of carbonyl (C=O) groups excluding carboxylic acids is 3. The molecule has 10 nitrogen and oxygen atoms in total. The summed E-state index contributed by atoms with van der Waals surface area (Å²) >= 11 is 0. The summed E-state index contributed by atoms with van der Waals surface area (Å²) in [6.45, 7) is 6.30. The van der Waals surface area contributed by atoms with E-state index in [9.17, 15) is 14.4 Å². The van der Waals surface area contributed by atoms with Crippen molar-refractivity contribution in [3.8, 4) is 11.1 Å². The molecule has 2 aliphatic rings. The summed E-state index contributed by atoms with van der Waals surface area (Å²) in [5.74, 6) is -1.04. The quantitative estimate of drug-likeness (QED) is 0.594. The van der Waals surface area contributed by atoms with E-state index in [2.05, 4.69) is 16.9 Å². The van der Waals surface area contributed by atoms with Crippen LogP contribution in [0.25, 0.3) is 11.1 Å². The zero-order valence-corrected chi connectivity index (χ0v) is 20.5. The first-order chi connectivity index (χ1) is 17.3.